The Morgan fingerprint density at radius 3 is 2.70 bits per heavy atom. The predicted molar refractivity (Wildman–Crippen MR) is 75.5 cm³/mol. The number of carbonyl (C=O) groups excluding carboxylic acids is 1. The minimum atomic E-state index is -0.160. The first-order chi connectivity index (χ1) is 9.56. The molecule has 20 heavy (non-hydrogen) atoms. The second-order valence-electron chi connectivity index (χ2n) is 4.83. The maximum absolute atomic E-state index is 11.7. The van der Waals surface area contributed by atoms with Crippen LogP contribution in [0.15, 0.2) is 34.9 Å². The third-order valence-electron chi connectivity index (χ3n) is 2.77. The molecule has 0 aliphatic rings. The van der Waals surface area contributed by atoms with Gasteiger partial charge in [0, 0.05) is 26.6 Å². The van der Waals surface area contributed by atoms with Crippen molar-refractivity contribution in [1.29, 1.82) is 0 Å². The topological polar surface area (TPSA) is 71.3 Å². The van der Waals surface area contributed by atoms with Gasteiger partial charge in [0.05, 0.1) is 6.26 Å². The van der Waals surface area contributed by atoms with Crippen molar-refractivity contribution in [3.05, 3.63) is 42.0 Å². The van der Waals surface area contributed by atoms with E-state index in [1.165, 1.54) is 4.90 Å². The van der Waals surface area contributed by atoms with E-state index in [0.717, 1.165) is 12.2 Å². The van der Waals surface area contributed by atoms with E-state index in [2.05, 4.69) is 15.5 Å². The summed E-state index contributed by atoms with van der Waals surface area (Å²) in [6, 6.07) is 7.37. The average molecular weight is 274 g/mol. The number of rotatable bonds is 5. The molecule has 1 amide bonds. The SMILES string of the molecule is CC(Cc1ccco1)Nc1ccc(C(=O)N(C)C)nn1. The van der Waals surface area contributed by atoms with E-state index >= 15 is 0 Å². The number of amides is 1. The van der Waals surface area contributed by atoms with Gasteiger partial charge in [0.15, 0.2) is 5.69 Å². The quantitative estimate of drug-likeness (QED) is 0.900. The van der Waals surface area contributed by atoms with Gasteiger partial charge < -0.3 is 14.6 Å². The minimum absolute atomic E-state index is 0.158. The van der Waals surface area contributed by atoms with Crippen molar-refractivity contribution in [3.63, 3.8) is 0 Å². The second-order valence-corrected chi connectivity index (χ2v) is 4.83. The molecular formula is C14H18N4O2. The Bertz CT molecular complexity index is 549. The zero-order valence-electron chi connectivity index (χ0n) is 11.8. The van der Waals surface area contributed by atoms with Gasteiger partial charge in [0.2, 0.25) is 0 Å². The zero-order valence-corrected chi connectivity index (χ0v) is 11.8. The maximum Gasteiger partial charge on any atom is 0.273 e. The molecule has 6 heteroatoms. The fraction of sp³-hybridized carbons (Fsp3) is 0.357. The molecule has 0 saturated heterocycles. The lowest BCUT2D eigenvalue weighted by Gasteiger charge is -2.13. The van der Waals surface area contributed by atoms with Crippen molar-refractivity contribution in [2.24, 2.45) is 0 Å². The van der Waals surface area contributed by atoms with Gasteiger partial charge in [-0.25, -0.2) is 0 Å². The summed E-state index contributed by atoms with van der Waals surface area (Å²) in [6.07, 6.45) is 2.41. The van der Waals surface area contributed by atoms with Crippen molar-refractivity contribution in [1.82, 2.24) is 15.1 Å². The molecule has 1 N–H and O–H groups in total. The third-order valence-corrected chi connectivity index (χ3v) is 2.77. The highest BCUT2D eigenvalue weighted by Gasteiger charge is 2.11. The first-order valence-electron chi connectivity index (χ1n) is 6.40. The van der Waals surface area contributed by atoms with Crippen LogP contribution in [0.25, 0.3) is 0 Å². The molecule has 2 heterocycles. The van der Waals surface area contributed by atoms with Crippen molar-refractivity contribution >= 4 is 11.7 Å². The Morgan fingerprint density at radius 2 is 2.15 bits per heavy atom. The van der Waals surface area contributed by atoms with Crippen molar-refractivity contribution in [3.8, 4) is 0 Å². The Balaban J connectivity index is 1.95. The first kappa shape index (κ1) is 14.0. The van der Waals surface area contributed by atoms with Crippen LogP contribution in [-0.2, 0) is 6.42 Å². The number of hydrogen-bond donors (Lipinski definition) is 1. The van der Waals surface area contributed by atoms with Gasteiger partial charge in [0.25, 0.3) is 5.91 Å². The van der Waals surface area contributed by atoms with Crippen molar-refractivity contribution in [2.75, 3.05) is 19.4 Å². The summed E-state index contributed by atoms with van der Waals surface area (Å²) in [4.78, 5) is 13.1. The highest BCUT2D eigenvalue weighted by atomic mass is 16.3. The van der Waals surface area contributed by atoms with Crippen LogP contribution >= 0.6 is 0 Å². The predicted octanol–water partition coefficient (Wildman–Crippen LogP) is 1.81. The lowest BCUT2D eigenvalue weighted by atomic mass is 10.2. The standard InChI is InChI=1S/C14H18N4O2/c1-10(9-11-5-4-8-20-11)15-13-7-6-12(16-17-13)14(19)18(2)3/h4-8,10H,9H2,1-3H3,(H,15,17). The Labute approximate surface area is 117 Å². The van der Waals surface area contributed by atoms with Crippen LogP contribution in [0.3, 0.4) is 0 Å². The Kier molecular flexibility index (Phi) is 4.34. The molecule has 0 aliphatic heterocycles. The number of anilines is 1. The highest BCUT2D eigenvalue weighted by molar-refractivity contribution is 5.91. The molecule has 1 unspecified atom stereocenters. The summed E-state index contributed by atoms with van der Waals surface area (Å²) in [6.45, 7) is 2.03. The molecule has 0 aliphatic carbocycles. The zero-order chi connectivity index (χ0) is 14.5. The molecular weight excluding hydrogens is 256 g/mol. The van der Waals surface area contributed by atoms with Crippen LogP contribution < -0.4 is 5.32 Å². The summed E-state index contributed by atoms with van der Waals surface area (Å²) >= 11 is 0. The highest BCUT2D eigenvalue weighted by Crippen LogP contribution is 2.09. The molecule has 0 fully saturated rings. The third kappa shape index (κ3) is 3.57. The number of nitrogens with zero attached hydrogens (tertiary/aromatic N) is 3. The lowest BCUT2D eigenvalue weighted by molar-refractivity contribution is 0.0821. The number of hydrogen-bond acceptors (Lipinski definition) is 5. The monoisotopic (exact) mass is 274 g/mol. The smallest absolute Gasteiger partial charge is 0.273 e. The van der Waals surface area contributed by atoms with Crippen LogP contribution in [0.2, 0.25) is 0 Å². The maximum atomic E-state index is 11.7. The molecule has 106 valence electrons. The van der Waals surface area contributed by atoms with Crippen LogP contribution in [-0.4, -0.2) is 41.1 Å². The molecule has 0 aromatic carbocycles. The van der Waals surface area contributed by atoms with Crippen molar-refractivity contribution < 1.29 is 9.21 Å². The molecule has 0 saturated carbocycles. The first-order valence-corrected chi connectivity index (χ1v) is 6.40. The van der Waals surface area contributed by atoms with Gasteiger partial charge in [-0.15, -0.1) is 10.2 Å². The van der Waals surface area contributed by atoms with Gasteiger partial charge in [-0.3, -0.25) is 4.79 Å². The number of aromatic nitrogens is 2. The Hall–Kier alpha value is -2.37. The van der Waals surface area contributed by atoms with E-state index in [1.54, 1.807) is 32.5 Å². The number of nitrogens with one attached hydrogen (secondary N) is 1. The minimum Gasteiger partial charge on any atom is -0.469 e. The largest absolute Gasteiger partial charge is 0.469 e. The molecule has 2 aromatic rings. The lowest BCUT2D eigenvalue weighted by Crippen LogP contribution is -2.24. The van der Waals surface area contributed by atoms with Crippen LogP contribution in [0.5, 0.6) is 0 Å². The van der Waals surface area contributed by atoms with Gasteiger partial charge in [0.1, 0.15) is 11.6 Å². The van der Waals surface area contributed by atoms with E-state index < -0.39 is 0 Å². The second kappa shape index (κ2) is 6.18. The van der Waals surface area contributed by atoms with Gasteiger partial charge >= 0.3 is 0 Å². The summed E-state index contributed by atoms with van der Waals surface area (Å²) in [7, 11) is 3.36. The van der Waals surface area contributed by atoms with E-state index in [-0.39, 0.29) is 11.9 Å². The van der Waals surface area contributed by atoms with Crippen molar-refractivity contribution in [2.45, 2.75) is 19.4 Å². The van der Waals surface area contributed by atoms with Crippen LogP contribution in [0, 0.1) is 0 Å². The molecule has 2 aromatic heterocycles. The molecule has 2 rings (SSSR count). The molecule has 0 radical (unpaired) electrons. The van der Waals surface area contributed by atoms with Crippen LogP contribution in [0.4, 0.5) is 5.82 Å². The van der Waals surface area contributed by atoms with E-state index in [1.807, 2.05) is 19.1 Å². The summed E-state index contributed by atoms with van der Waals surface area (Å²) in [5.41, 5.74) is 0.333. The average Bonchev–Trinajstić information content (AvgIpc) is 2.91. The van der Waals surface area contributed by atoms with Crippen LogP contribution in [0.1, 0.15) is 23.2 Å². The summed E-state index contributed by atoms with van der Waals surface area (Å²) in [5.74, 6) is 1.39. The van der Waals surface area contributed by atoms with Gasteiger partial charge in [-0.1, -0.05) is 0 Å². The van der Waals surface area contributed by atoms with E-state index in [0.29, 0.717) is 11.5 Å². The summed E-state index contributed by atoms with van der Waals surface area (Å²) in [5, 5.41) is 11.2. The fourth-order valence-corrected chi connectivity index (χ4v) is 1.79. The van der Waals surface area contributed by atoms with Gasteiger partial charge in [-0.2, -0.15) is 0 Å². The van der Waals surface area contributed by atoms with E-state index in [9.17, 15) is 4.79 Å². The molecule has 0 bridgehead atoms. The fourth-order valence-electron chi connectivity index (χ4n) is 1.79. The van der Waals surface area contributed by atoms with E-state index in [4.69, 9.17) is 4.42 Å². The van der Waals surface area contributed by atoms with Gasteiger partial charge in [-0.05, 0) is 31.2 Å². The molecule has 6 nitrogen and oxygen atoms in total. The molecule has 0 spiro atoms. The normalized spacial score (nSPS) is 11.9. The number of furan rings is 1. The summed E-state index contributed by atoms with van der Waals surface area (Å²) < 4.78 is 5.29. The molecule has 1 atom stereocenters. The number of carbonyl (C=O) groups is 1. The Morgan fingerprint density at radius 1 is 1.35 bits per heavy atom.